The number of anilines is 1. The lowest BCUT2D eigenvalue weighted by Gasteiger charge is -2.62. The van der Waals surface area contributed by atoms with E-state index in [2.05, 4.69) is 16.5 Å². The Bertz CT molecular complexity index is 1210. The van der Waals surface area contributed by atoms with E-state index in [0.717, 1.165) is 5.75 Å². The number of para-hydroxylation sites is 1. The molecule has 1 aromatic heterocycles. The fraction of sp³-hybridized carbons (Fsp3) is 0.160. The van der Waals surface area contributed by atoms with Gasteiger partial charge in [-0.1, -0.05) is 24.8 Å². The van der Waals surface area contributed by atoms with Gasteiger partial charge >= 0.3 is 0 Å². The fourth-order valence-electron chi connectivity index (χ4n) is 4.06. The monoisotopic (exact) mass is 442 g/mol. The Morgan fingerprint density at radius 3 is 2.18 bits per heavy atom. The van der Waals surface area contributed by atoms with E-state index in [9.17, 15) is 9.59 Å². The van der Waals surface area contributed by atoms with E-state index in [1.165, 1.54) is 6.08 Å². The third-order valence-electron chi connectivity index (χ3n) is 5.89. The van der Waals surface area contributed by atoms with Crippen molar-refractivity contribution >= 4 is 17.6 Å². The summed E-state index contributed by atoms with van der Waals surface area (Å²) < 4.78 is 11.7. The van der Waals surface area contributed by atoms with Gasteiger partial charge in [-0.2, -0.15) is 4.98 Å². The van der Waals surface area contributed by atoms with Gasteiger partial charge in [0, 0.05) is 13.1 Å². The average Bonchev–Trinajstić information content (AvgIpc) is 2.81. The first-order valence-electron chi connectivity index (χ1n) is 10.5. The molecule has 2 unspecified atom stereocenters. The summed E-state index contributed by atoms with van der Waals surface area (Å²) in [5, 5.41) is 0. The van der Waals surface area contributed by atoms with Crippen LogP contribution in [0.1, 0.15) is 10.4 Å². The molecule has 0 aliphatic carbocycles. The number of ether oxygens (including phenoxy) is 2. The number of nitrogens with two attached hydrogens (primary N) is 1. The van der Waals surface area contributed by atoms with Crippen molar-refractivity contribution in [2.75, 3.05) is 18.0 Å². The Balaban J connectivity index is 1.31. The van der Waals surface area contributed by atoms with E-state index in [0.29, 0.717) is 30.4 Å². The van der Waals surface area contributed by atoms with Crippen molar-refractivity contribution in [3.63, 3.8) is 0 Å². The summed E-state index contributed by atoms with van der Waals surface area (Å²) in [6.07, 6.45) is 1.33. The van der Waals surface area contributed by atoms with Gasteiger partial charge in [0.1, 0.15) is 28.6 Å². The van der Waals surface area contributed by atoms with Gasteiger partial charge in [-0.05, 0) is 54.6 Å². The maximum atomic E-state index is 11.9. The molecular formula is C25H22N4O4. The average molecular weight is 442 g/mol. The van der Waals surface area contributed by atoms with Gasteiger partial charge in [-0.3, -0.25) is 9.59 Å². The topological polar surface area (TPSA) is 98.0 Å². The molecule has 2 saturated heterocycles. The van der Waals surface area contributed by atoms with E-state index in [-0.39, 0.29) is 29.4 Å². The molecule has 0 saturated carbocycles. The van der Waals surface area contributed by atoms with E-state index in [4.69, 9.17) is 15.2 Å². The summed E-state index contributed by atoms with van der Waals surface area (Å²) in [7, 11) is 0. The number of benzene rings is 2. The van der Waals surface area contributed by atoms with Crippen LogP contribution in [0.3, 0.4) is 0 Å². The van der Waals surface area contributed by atoms with Gasteiger partial charge in [-0.15, -0.1) is 0 Å². The van der Waals surface area contributed by atoms with E-state index in [1.807, 2.05) is 30.3 Å². The van der Waals surface area contributed by atoms with Crippen LogP contribution in [0.5, 0.6) is 23.1 Å². The molecule has 2 fully saturated rings. The number of carbonyl (C=O) groups is 2. The van der Waals surface area contributed by atoms with Crippen molar-refractivity contribution in [3.05, 3.63) is 84.9 Å². The first kappa shape index (κ1) is 20.6. The minimum atomic E-state index is -0.624. The molecule has 8 nitrogen and oxygen atoms in total. The van der Waals surface area contributed by atoms with Crippen LogP contribution in [0, 0.1) is 0 Å². The van der Waals surface area contributed by atoms with Crippen molar-refractivity contribution in [1.82, 2.24) is 9.88 Å². The molecule has 3 heterocycles. The zero-order valence-electron chi connectivity index (χ0n) is 17.8. The molecule has 8 heteroatoms. The first-order chi connectivity index (χ1) is 16.0. The van der Waals surface area contributed by atoms with Crippen LogP contribution in [0.2, 0.25) is 0 Å². The predicted octanol–water partition coefficient (Wildman–Crippen LogP) is 3.35. The number of pyridine rings is 1. The number of aromatic nitrogens is 1. The van der Waals surface area contributed by atoms with Crippen LogP contribution in [-0.4, -0.2) is 46.9 Å². The number of likely N-dealkylation sites (tertiary alicyclic amines) is 1. The SMILES string of the molecule is C=CC(=O)N1CC2C1CN2c1ccc(C(N)=O)c(Oc2ccc(Oc3ccccc3)cc2)n1. The Morgan fingerprint density at radius 1 is 0.909 bits per heavy atom. The molecule has 3 aromatic rings. The van der Waals surface area contributed by atoms with Gasteiger partial charge in [-0.25, -0.2) is 0 Å². The highest BCUT2D eigenvalue weighted by Crippen LogP contribution is 2.38. The van der Waals surface area contributed by atoms with Crippen molar-refractivity contribution in [1.29, 1.82) is 0 Å². The molecule has 2 amide bonds. The molecule has 0 bridgehead atoms. The Hall–Kier alpha value is -4.33. The van der Waals surface area contributed by atoms with E-state index in [1.54, 1.807) is 41.3 Å². The predicted molar refractivity (Wildman–Crippen MR) is 123 cm³/mol. The Labute approximate surface area is 190 Å². The smallest absolute Gasteiger partial charge is 0.254 e. The number of hydrogen-bond donors (Lipinski definition) is 1. The lowest BCUT2D eigenvalue weighted by Crippen LogP contribution is -2.80. The van der Waals surface area contributed by atoms with E-state index < -0.39 is 5.91 Å². The standard InChI is InChI=1S/C25H22N4O4/c1-2-23(30)29-15-20-21(29)14-28(20)22-13-12-19(24(26)31)25(27-22)33-18-10-8-17(9-11-18)32-16-6-4-3-5-7-16/h2-13,20-21H,1,14-15H2,(H2,26,31). The fourth-order valence-corrected chi connectivity index (χ4v) is 4.06. The van der Waals surface area contributed by atoms with Crippen LogP contribution in [-0.2, 0) is 4.79 Å². The van der Waals surface area contributed by atoms with Crippen molar-refractivity contribution in [3.8, 4) is 23.1 Å². The van der Waals surface area contributed by atoms with Crippen LogP contribution in [0.25, 0.3) is 0 Å². The van der Waals surface area contributed by atoms with Gasteiger partial charge in [0.2, 0.25) is 11.8 Å². The van der Waals surface area contributed by atoms with Crippen LogP contribution in [0.4, 0.5) is 5.82 Å². The summed E-state index contributed by atoms with van der Waals surface area (Å²) in [5.74, 6) is 2.01. The zero-order valence-corrected chi connectivity index (χ0v) is 17.8. The van der Waals surface area contributed by atoms with Crippen molar-refractivity contribution in [2.45, 2.75) is 12.1 Å². The molecular weight excluding hydrogens is 420 g/mol. The number of amides is 2. The maximum absolute atomic E-state index is 11.9. The quantitative estimate of drug-likeness (QED) is 0.564. The highest BCUT2D eigenvalue weighted by Gasteiger charge is 2.53. The lowest BCUT2D eigenvalue weighted by atomic mass is 9.85. The van der Waals surface area contributed by atoms with Gasteiger partial charge in [0.05, 0.1) is 12.1 Å². The van der Waals surface area contributed by atoms with Crippen molar-refractivity contribution in [2.24, 2.45) is 5.73 Å². The number of carbonyl (C=O) groups excluding carboxylic acids is 2. The summed E-state index contributed by atoms with van der Waals surface area (Å²) in [6.45, 7) is 4.83. The Kier molecular flexibility index (Phi) is 5.18. The third kappa shape index (κ3) is 3.87. The minimum Gasteiger partial charge on any atom is -0.457 e. The molecule has 166 valence electrons. The zero-order chi connectivity index (χ0) is 22.9. The number of fused-ring (bicyclic) bond motifs is 1. The molecule has 2 atom stereocenters. The summed E-state index contributed by atoms with van der Waals surface area (Å²) in [6, 6.07) is 20.2. The second kappa shape index (κ2) is 8.31. The molecule has 2 N–H and O–H groups in total. The number of piperazine rings is 1. The maximum Gasteiger partial charge on any atom is 0.254 e. The highest BCUT2D eigenvalue weighted by atomic mass is 16.5. The third-order valence-corrected chi connectivity index (χ3v) is 5.89. The molecule has 0 spiro atoms. The summed E-state index contributed by atoms with van der Waals surface area (Å²) in [5.41, 5.74) is 5.72. The lowest BCUT2D eigenvalue weighted by molar-refractivity contribution is -0.138. The number of rotatable bonds is 7. The number of hydrogen-bond acceptors (Lipinski definition) is 6. The summed E-state index contributed by atoms with van der Waals surface area (Å²) >= 11 is 0. The van der Waals surface area contributed by atoms with E-state index >= 15 is 0 Å². The van der Waals surface area contributed by atoms with Gasteiger partial charge in [0.15, 0.2) is 0 Å². The van der Waals surface area contributed by atoms with Crippen LogP contribution in [0.15, 0.2) is 79.4 Å². The largest absolute Gasteiger partial charge is 0.457 e. The number of nitrogens with zero attached hydrogens (tertiary/aromatic N) is 3. The highest BCUT2D eigenvalue weighted by molar-refractivity contribution is 5.95. The summed E-state index contributed by atoms with van der Waals surface area (Å²) in [4.78, 5) is 32.2. The van der Waals surface area contributed by atoms with Crippen LogP contribution < -0.4 is 20.1 Å². The number of primary amides is 1. The first-order valence-corrected chi connectivity index (χ1v) is 10.5. The Morgan fingerprint density at radius 2 is 1.58 bits per heavy atom. The molecule has 5 rings (SSSR count). The van der Waals surface area contributed by atoms with Crippen molar-refractivity contribution < 1.29 is 19.1 Å². The van der Waals surface area contributed by atoms with Gasteiger partial charge < -0.3 is 25.0 Å². The second-order valence-electron chi connectivity index (χ2n) is 7.86. The molecule has 2 aliphatic rings. The minimum absolute atomic E-state index is 0.0587. The molecule has 33 heavy (non-hydrogen) atoms. The molecule has 2 aromatic carbocycles. The molecule has 2 aliphatic heterocycles. The van der Waals surface area contributed by atoms with Gasteiger partial charge in [0.25, 0.3) is 5.91 Å². The molecule has 0 radical (unpaired) electrons. The second-order valence-corrected chi connectivity index (χ2v) is 7.86. The van der Waals surface area contributed by atoms with Crippen LogP contribution >= 0.6 is 0 Å². The normalized spacial score (nSPS) is 18.4.